The molecule has 1 amide bonds. The van der Waals surface area contributed by atoms with E-state index in [0.717, 1.165) is 12.1 Å². The Kier molecular flexibility index (Phi) is 5.63. The first kappa shape index (κ1) is 17.2. The standard InChI is InChI=1S/C15H16N2O7/c1-22-9-8-16-14(20)10-2-4-11(5-3-10)23-15(21)24-17-12(18)6-7-13(17)19/h2-7,18-19H,8-9H2,1H3,(H,16,20). The number of aromatic hydroxyl groups is 2. The Morgan fingerprint density at radius 2 is 1.71 bits per heavy atom. The molecule has 0 bridgehead atoms. The Balaban J connectivity index is 1.91. The van der Waals surface area contributed by atoms with Gasteiger partial charge in [0, 0.05) is 31.4 Å². The number of hydrogen-bond donors (Lipinski definition) is 3. The zero-order valence-corrected chi connectivity index (χ0v) is 12.8. The third-order valence-corrected chi connectivity index (χ3v) is 2.87. The van der Waals surface area contributed by atoms with Crippen molar-refractivity contribution < 1.29 is 34.1 Å². The maximum Gasteiger partial charge on any atom is 0.539 e. The predicted octanol–water partition coefficient (Wildman–Crippen LogP) is 0.903. The fourth-order valence-electron chi connectivity index (χ4n) is 1.73. The fraction of sp³-hybridized carbons (Fsp3) is 0.200. The van der Waals surface area contributed by atoms with E-state index in [9.17, 15) is 19.8 Å². The summed E-state index contributed by atoms with van der Waals surface area (Å²) in [7, 11) is 1.53. The normalized spacial score (nSPS) is 10.2. The van der Waals surface area contributed by atoms with Crippen LogP contribution in [-0.2, 0) is 4.74 Å². The Hall–Kier alpha value is -3.20. The monoisotopic (exact) mass is 336 g/mol. The first-order valence-corrected chi connectivity index (χ1v) is 6.88. The van der Waals surface area contributed by atoms with Crippen LogP contribution in [-0.4, -0.2) is 47.3 Å². The third-order valence-electron chi connectivity index (χ3n) is 2.87. The molecule has 0 fully saturated rings. The van der Waals surface area contributed by atoms with Gasteiger partial charge in [-0.15, -0.1) is 4.73 Å². The Labute approximate surface area is 136 Å². The molecule has 0 atom stereocenters. The largest absolute Gasteiger partial charge is 0.539 e. The molecule has 9 nitrogen and oxygen atoms in total. The van der Waals surface area contributed by atoms with Crippen LogP contribution in [0.1, 0.15) is 10.4 Å². The topological polar surface area (TPSA) is 119 Å². The number of ether oxygens (including phenoxy) is 2. The molecule has 0 aliphatic carbocycles. The molecule has 2 rings (SSSR count). The zero-order valence-electron chi connectivity index (χ0n) is 12.8. The Morgan fingerprint density at radius 3 is 2.29 bits per heavy atom. The van der Waals surface area contributed by atoms with Crippen molar-refractivity contribution in [2.24, 2.45) is 0 Å². The highest BCUT2D eigenvalue weighted by molar-refractivity contribution is 5.94. The second-order valence-corrected chi connectivity index (χ2v) is 4.56. The van der Waals surface area contributed by atoms with Crippen molar-refractivity contribution in [3.8, 4) is 17.5 Å². The highest BCUT2D eigenvalue weighted by atomic mass is 16.8. The van der Waals surface area contributed by atoms with E-state index < -0.39 is 17.9 Å². The van der Waals surface area contributed by atoms with Gasteiger partial charge in [-0.25, -0.2) is 4.79 Å². The third kappa shape index (κ3) is 4.40. The SMILES string of the molecule is COCCNC(=O)c1ccc(OC(=O)On2c(O)ccc2O)cc1. The van der Waals surface area contributed by atoms with Gasteiger partial charge >= 0.3 is 6.16 Å². The average molecular weight is 336 g/mol. The number of carbonyl (C=O) groups excluding carboxylic acids is 2. The summed E-state index contributed by atoms with van der Waals surface area (Å²) in [6, 6.07) is 8.02. The second-order valence-electron chi connectivity index (χ2n) is 4.56. The van der Waals surface area contributed by atoms with Gasteiger partial charge in [-0.2, -0.15) is 0 Å². The molecule has 0 aliphatic rings. The van der Waals surface area contributed by atoms with Crippen LogP contribution in [0.4, 0.5) is 4.79 Å². The first-order valence-electron chi connectivity index (χ1n) is 6.88. The maximum atomic E-state index is 11.8. The predicted molar refractivity (Wildman–Crippen MR) is 81.0 cm³/mol. The summed E-state index contributed by atoms with van der Waals surface area (Å²) in [5, 5.41) is 21.3. The van der Waals surface area contributed by atoms with Gasteiger partial charge in [0.15, 0.2) is 0 Å². The lowest BCUT2D eigenvalue weighted by Crippen LogP contribution is -2.26. The molecule has 1 aromatic carbocycles. The molecule has 24 heavy (non-hydrogen) atoms. The molecule has 0 saturated carbocycles. The van der Waals surface area contributed by atoms with Gasteiger partial charge in [0.1, 0.15) is 5.75 Å². The second kappa shape index (κ2) is 7.88. The molecule has 2 aromatic rings. The number of hydrogen-bond acceptors (Lipinski definition) is 7. The van der Waals surface area contributed by atoms with E-state index in [2.05, 4.69) is 10.2 Å². The molecule has 0 spiro atoms. The van der Waals surface area contributed by atoms with Crippen molar-refractivity contribution in [1.82, 2.24) is 10.0 Å². The average Bonchev–Trinajstić information content (AvgIpc) is 2.87. The van der Waals surface area contributed by atoms with Gasteiger partial charge in [-0.1, -0.05) is 0 Å². The zero-order chi connectivity index (χ0) is 17.5. The highest BCUT2D eigenvalue weighted by Gasteiger charge is 2.14. The molecule has 0 aliphatic heterocycles. The van der Waals surface area contributed by atoms with Crippen LogP contribution in [0.25, 0.3) is 0 Å². The number of methoxy groups -OCH3 is 1. The number of amides is 1. The van der Waals surface area contributed by atoms with Crippen molar-refractivity contribution in [2.75, 3.05) is 20.3 Å². The van der Waals surface area contributed by atoms with Gasteiger partial charge in [-0.3, -0.25) is 9.63 Å². The molecule has 9 heteroatoms. The molecular formula is C15H16N2O7. The van der Waals surface area contributed by atoms with Crippen molar-refractivity contribution >= 4 is 12.1 Å². The van der Waals surface area contributed by atoms with E-state index in [-0.39, 0.29) is 11.7 Å². The van der Waals surface area contributed by atoms with Crippen LogP contribution in [0, 0.1) is 0 Å². The van der Waals surface area contributed by atoms with E-state index in [1.807, 2.05) is 0 Å². The van der Waals surface area contributed by atoms with Crippen molar-refractivity contribution in [2.45, 2.75) is 0 Å². The van der Waals surface area contributed by atoms with E-state index in [1.54, 1.807) is 0 Å². The molecule has 128 valence electrons. The minimum atomic E-state index is -1.17. The summed E-state index contributed by atoms with van der Waals surface area (Å²) in [5.41, 5.74) is 0.382. The molecule has 1 heterocycles. The number of carbonyl (C=O) groups is 2. The van der Waals surface area contributed by atoms with E-state index in [1.165, 1.54) is 31.4 Å². The minimum absolute atomic E-state index is 0.125. The Morgan fingerprint density at radius 1 is 1.08 bits per heavy atom. The van der Waals surface area contributed by atoms with Crippen LogP contribution < -0.4 is 14.9 Å². The van der Waals surface area contributed by atoms with Crippen LogP contribution in [0.2, 0.25) is 0 Å². The lowest BCUT2D eigenvalue weighted by Gasteiger charge is -2.08. The number of rotatable bonds is 6. The van der Waals surface area contributed by atoms with E-state index in [4.69, 9.17) is 9.47 Å². The summed E-state index contributed by atoms with van der Waals surface area (Å²) in [6.07, 6.45) is -1.17. The number of benzene rings is 1. The highest BCUT2D eigenvalue weighted by Crippen LogP contribution is 2.19. The number of aromatic nitrogens is 1. The van der Waals surface area contributed by atoms with Gasteiger partial charge < -0.3 is 25.0 Å². The van der Waals surface area contributed by atoms with Crippen molar-refractivity contribution in [3.63, 3.8) is 0 Å². The Bertz CT molecular complexity index is 690. The van der Waals surface area contributed by atoms with E-state index in [0.29, 0.717) is 23.4 Å². The summed E-state index contributed by atoms with van der Waals surface area (Å²) >= 11 is 0. The van der Waals surface area contributed by atoms with Crippen LogP contribution in [0.15, 0.2) is 36.4 Å². The van der Waals surface area contributed by atoms with Crippen molar-refractivity contribution in [3.05, 3.63) is 42.0 Å². The van der Waals surface area contributed by atoms with Crippen molar-refractivity contribution in [1.29, 1.82) is 0 Å². The smallest absolute Gasteiger partial charge is 0.492 e. The molecule has 0 saturated heterocycles. The number of nitrogens with one attached hydrogen (secondary N) is 1. The molecule has 1 aromatic heterocycles. The number of nitrogens with zero attached hydrogens (tertiary/aromatic N) is 1. The summed E-state index contributed by atoms with van der Waals surface area (Å²) < 4.78 is 10.2. The fourth-order valence-corrected chi connectivity index (χ4v) is 1.73. The summed E-state index contributed by atoms with van der Waals surface area (Å²) in [6.45, 7) is 0.779. The van der Waals surface area contributed by atoms with Gasteiger partial charge in [0.2, 0.25) is 11.8 Å². The quantitative estimate of drug-likeness (QED) is 0.407. The molecule has 3 N–H and O–H groups in total. The lowest BCUT2D eigenvalue weighted by atomic mass is 10.2. The summed E-state index contributed by atoms with van der Waals surface area (Å²) in [5.74, 6) is -1.09. The van der Waals surface area contributed by atoms with Gasteiger partial charge in [0.05, 0.1) is 6.61 Å². The first-order chi connectivity index (χ1) is 11.5. The van der Waals surface area contributed by atoms with Crippen LogP contribution in [0.3, 0.4) is 0 Å². The van der Waals surface area contributed by atoms with Crippen LogP contribution in [0.5, 0.6) is 17.5 Å². The summed E-state index contributed by atoms with van der Waals surface area (Å²) in [4.78, 5) is 28.0. The van der Waals surface area contributed by atoms with E-state index >= 15 is 0 Å². The minimum Gasteiger partial charge on any atom is -0.492 e. The lowest BCUT2D eigenvalue weighted by molar-refractivity contribution is 0.0708. The van der Waals surface area contributed by atoms with Gasteiger partial charge in [0.25, 0.3) is 5.91 Å². The molecule has 0 unspecified atom stereocenters. The molecule has 0 radical (unpaired) electrons. The molecular weight excluding hydrogens is 320 g/mol. The van der Waals surface area contributed by atoms with Crippen LogP contribution >= 0.6 is 0 Å². The maximum absolute atomic E-state index is 11.8. The van der Waals surface area contributed by atoms with Gasteiger partial charge in [-0.05, 0) is 24.3 Å².